The van der Waals surface area contributed by atoms with E-state index in [4.69, 9.17) is 9.26 Å². The van der Waals surface area contributed by atoms with Crippen molar-refractivity contribution in [2.24, 2.45) is 4.99 Å². The molecule has 0 bridgehead atoms. The number of hydrogen-bond acceptors (Lipinski definition) is 4. The lowest BCUT2D eigenvalue weighted by molar-refractivity contribution is 0.284. The van der Waals surface area contributed by atoms with Crippen molar-refractivity contribution >= 4 is 11.4 Å². The number of methoxy groups -OCH3 is 1. The summed E-state index contributed by atoms with van der Waals surface area (Å²) in [5.74, 6) is 0.802. The molecule has 23 heavy (non-hydrogen) atoms. The Labute approximate surface area is 136 Å². The van der Waals surface area contributed by atoms with Crippen LogP contribution in [0.3, 0.4) is 0 Å². The number of halogens is 1. The van der Waals surface area contributed by atoms with Crippen molar-refractivity contribution in [3.05, 3.63) is 48.3 Å². The van der Waals surface area contributed by atoms with Crippen molar-refractivity contribution in [2.45, 2.75) is 26.8 Å². The van der Waals surface area contributed by atoms with Gasteiger partial charge in [-0.3, -0.25) is 4.99 Å². The summed E-state index contributed by atoms with van der Waals surface area (Å²) in [7, 11) is 3.14. The standard InChI is InChI=1S/C17H24FN3O2/c1-7-17(19-5)21(8-2)11-14-10-15(23-20-14)12(3)9-16(22-6)13(4)18/h9-10H,3-4,7-8,11H2,1-2,5-6H3/b16-9+,19-17?. The van der Waals surface area contributed by atoms with E-state index in [1.165, 1.54) is 13.2 Å². The summed E-state index contributed by atoms with van der Waals surface area (Å²) in [6.07, 6.45) is 2.27. The zero-order valence-corrected chi connectivity index (χ0v) is 14.2. The van der Waals surface area contributed by atoms with Crippen molar-refractivity contribution in [3.63, 3.8) is 0 Å². The van der Waals surface area contributed by atoms with E-state index in [0.717, 1.165) is 24.5 Å². The van der Waals surface area contributed by atoms with Crippen LogP contribution in [0.4, 0.5) is 4.39 Å². The smallest absolute Gasteiger partial charge is 0.166 e. The summed E-state index contributed by atoms with van der Waals surface area (Å²) in [5.41, 5.74) is 1.21. The van der Waals surface area contributed by atoms with Crippen molar-refractivity contribution in [2.75, 3.05) is 20.7 Å². The van der Waals surface area contributed by atoms with E-state index in [1.807, 2.05) is 0 Å². The maximum atomic E-state index is 13.1. The molecule has 0 aliphatic carbocycles. The zero-order valence-electron chi connectivity index (χ0n) is 14.2. The minimum Gasteiger partial charge on any atom is -0.494 e. The Morgan fingerprint density at radius 1 is 1.48 bits per heavy atom. The first-order valence-corrected chi connectivity index (χ1v) is 7.42. The molecule has 1 rings (SSSR count). The summed E-state index contributed by atoms with van der Waals surface area (Å²) in [6.45, 7) is 12.6. The quantitative estimate of drug-likeness (QED) is 0.315. The number of rotatable bonds is 8. The molecular formula is C17H24FN3O2. The van der Waals surface area contributed by atoms with Gasteiger partial charge in [0.15, 0.2) is 17.3 Å². The second-order valence-electron chi connectivity index (χ2n) is 4.83. The fraction of sp³-hybridized carbons (Fsp3) is 0.412. The van der Waals surface area contributed by atoms with Crippen LogP contribution in [0.1, 0.15) is 31.7 Å². The second-order valence-corrected chi connectivity index (χ2v) is 4.83. The third kappa shape index (κ3) is 5.09. The van der Waals surface area contributed by atoms with Crippen LogP contribution < -0.4 is 0 Å². The lowest BCUT2D eigenvalue weighted by Crippen LogP contribution is -2.29. The molecule has 0 aromatic carbocycles. The van der Waals surface area contributed by atoms with Crippen molar-refractivity contribution in [3.8, 4) is 0 Å². The molecule has 0 unspecified atom stereocenters. The minimum absolute atomic E-state index is 0.00882. The average Bonchev–Trinajstić information content (AvgIpc) is 3.00. The molecule has 0 radical (unpaired) electrons. The topological polar surface area (TPSA) is 50.9 Å². The third-order valence-electron chi connectivity index (χ3n) is 3.34. The minimum atomic E-state index is -0.669. The van der Waals surface area contributed by atoms with E-state index in [-0.39, 0.29) is 5.76 Å². The molecule has 5 nitrogen and oxygen atoms in total. The Morgan fingerprint density at radius 2 is 2.17 bits per heavy atom. The Bertz CT molecular complexity index is 617. The van der Waals surface area contributed by atoms with E-state index in [9.17, 15) is 4.39 Å². The average molecular weight is 321 g/mol. The molecule has 0 N–H and O–H groups in total. The Kier molecular flexibility index (Phi) is 7.25. The molecule has 0 atom stereocenters. The van der Waals surface area contributed by atoms with Gasteiger partial charge in [-0.05, 0) is 13.0 Å². The van der Waals surface area contributed by atoms with E-state index < -0.39 is 5.83 Å². The number of hydrogen-bond donors (Lipinski definition) is 0. The summed E-state index contributed by atoms with van der Waals surface area (Å²) >= 11 is 0. The van der Waals surface area contributed by atoms with E-state index in [1.54, 1.807) is 13.1 Å². The Morgan fingerprint density at radius 3 is 2.65 bits per heavy atom. The predicted octanol–water partition coefficient (Wildman–Crippen LogP) is 3.96. The van der Waals surface area contributed by atoms with Gasteiger partial charge in [0, 0.05) is 31.7 Å². The summed E-state index contributed by atoms with van der Waals surface area (Å²) < 4.78 is 23.3. The van der Waals surface area contributed by atoms with Gasteiger partial charge in [0.1, 0.15) is 5.69 Å². The van der Waals surface area contributed by atoms with Gasteiger partial charge in [-0.15, -0.1) is 0 Å². The molecule has 1 aromatic rings. The molecule has 0 saturated carbocycles. The number of allylic oxidation sites excluding steroid dienone is 3. The largest absolute Gasteiger partial charge is 0.494 e. The van der Waals surface area contributed by atoms with Crippen LogP contribution in [0.2, 0.25) is 0 Å². The maximum absolute atomic E-state index is 13.1. The number of ether oxygens (including phenoxy) is 1. The highest BCUT2D eigenvalue weighted by molar-refractivity contribution is 5.81. The normalized spacial score (nSPS) is 12.2. The van der Waals surface area contributed by atoms with Crippen LogP contribution in [0.15, 0.2) is 46.4 Å². The molecule has 126 valence electrons. The summed E-state index contributed by atoms with van der Waals surface area (Å²) in [6, 6.07) is 1.78. The van der Waals surface area contributed by atoms with Gasteiger partial charge < -0.3 is 14.2 Å². The zero-order chi connectivity index (χ0) is 17.4. The molecule has 6 heteroatoms. The molecule has 0 spiro atoms. The first kappa shape index (κ1) is 18.7. The third-order valence-corrected chi connectivity index (χ3v) is 3.34. The fourth-order valence-electron chi connectivity index (χ4n) is 2.12. The Balaban J connectivity index is 2.89. The molecule has 0 amide bonds. The molecule has 1 aromatic heterocycles. The van der Waals surface area contributed by atoms with Crippen molar-refractivity contribution in [1.29, 1.82) is 0 Å². The number of aliphatic imine (C=N–C) groups is 1. The lowest BCUT2D eigenvalue weighted by Gasteiger charge is -2.22. The van der Waals surface area contributed by atoms with Crippen LogP contribution in [-0.2, 0) is 11.3 Å². The van der Waals surface area contributed by atoms with Gasteiger partial charge in [0.05, 0.1) is 19.5 Å². The molecule has 0 aliphatic heterocycles. The van der Waals surface area contributed by atoms with Crippen LogP contribution in [0.5, 0.6) is 0 Å². The highest BCUT2D eigenvalue weighted by Crippen LogP contribution is 2.21. The molecule has 0 fully saturated rings. The first-order valence-electron chi connectivity index (χ1n) is 7.42. The second kappa shape index (κ2) is 8.92. The van der Waals surface area contributed by atoms with E-state index >= 15 is 0 Å². The maximum Gasteiger partial charge on any atom is 0.166 e. The SMILES string of the molecule is C=C(F)/C(=C\C(=C)c1cc(CN(CC)C(CC)=NC)no1)OC. The van der Waals surface area contributed by atoms with Gasteiger partial charge in [-0.25, -0.2) is 4.39 Å². The van der Waals surface area contributed by atoms with Crippen LogP contribution in [0, 0.1) is 0 Å². The highest BCUT2D eigenvalue weighted by atomic mass is 19.1. The van der Waals surface area contributed by atoms with Crippen molar-refractivity contribution < 1.29 is 13.7 Å². The molecule has 0 aliphatic rings. The molecule has 1 heterocycles. The van der Waals surface area contributed by atoms with E-state index in [0.29, 0.717) is 17.9 Å². The highest BCUT2D eigenvalue weighted by Gasteiger charge is 2.13. The van der Waals surface area contributed by atoms with Gasteiger partial charge >= 0.3 is 0 Å². The fourth-order valence-corrected chi connectivity index (χ4v) is 2.12. The number of amidine groups is 1. The molecular weight excluding hydrogens is 297 g/mol. The van der Waals surface area contributed by atoms with Gasteiger partial charge in [-0.1, -0.05) is 25.2 Å². The predicted molar refractivity (Wildman–Crippen MR) is 90.6 cm³/mol. The summed E-state index contributed by atoms with van der Waals surface area (Å²) in [4.78, 5) is 6.39. The summed E-state index contributed by atoms with van der Waals surface area (Å²) in [5, 5.41) is 4.04. The van der Waals surface area contributed by atoms with Gasteiger partial charge in [0.25, 0.3) is 0 Å². The number of nitrogens with zero attached hydrogens (tertiary/aromatic N) is 3. The van der Waals surface area contributed by atoms with Crippen LogP contribution in [-0.4, -0.2) is 36.6 Å². The number of aromatic nitrogens is 1. The first-order chi connectivity index (χ1) is 11.0. The Hall–Kier alpha value is -2.37. The van der Waals surface area contributed by atoms with Gasteiger partial charge in [-0.2, -0.15) is 0 Å². The van der Waals surface area contributed by atoms with E-state index in [2.05, 4.69) is 42.1 Å². The van der Waals surface area contributed by atoms with Crippen LogP contribution in [0.25, 0.3) is 5.57 Å². The van der Waals surface area contributed by atoms with Crippen molar-refractivity contribution in [1.82, 2.24) is 10.1 Å². The lowest BCUT2D eigenvalue weighted by atomic mass is 10.2. The monoisotopic (exact) mass is 321 g/mol. The van der Waals surface area contributed by atoms with Gasteiger partial charge in [0.2, 0.25) is 0 Å². The molecule has 0 saturated heterocycles. The van der Waals surface area contributed by atoms with Crippen LogP contribution >= 0.6 is 0 Å².